The van der Waals surface area contributed by atoms with Crippen molar-refractivity contribution in [3.05, 3.63) is 0 Å². The van der Waals surface area contributed by atoms with Gasteiger partial charge in [-0.05, 0) is 13.3 Å². The molecule has 0 radical (unpaired) electrons. The third-order valence-corrected chi connectivity index (χ3v) is 1.84. The summed E-state index contributed by atoms with van der Waals surface area (Å²) in [6.07, 6.45) is 3.29. The van der Waals surface area contributed by atoms with Gasteiger partial charge in [-0.15, -0.1) is 0 Å². The van der Waals surface area contributed by atoms with Crippen molar-refractivity contribution in [2.45, 2.75) is 38.9 Å². The average Bonchev–Trinajstić information content (AvgIpc) is 1.88. The Bertz CT molecular complexity index is 93.3. The van der Waals surface area contributed by atoms with Crippen molar-refractivity contribution in [3.63, 3.8) is 0 Å². The van der Waals surface area contributed by atoms with E-state index in [4.69, 9.17) is 4.74 Å². The molecule has 0 spiro atoms. The lowest BCUT2D eigenvalue weighted by molar-refractivity contribution is -0.0309. The molecule has 0 amide bonds. The van der Waals surface area contributed by atoms with Crippen LogP contribution in [0.25, 0.3) is 0 Å². The number of rotatable bonds is 2. The molecule has 2 unspecified atom stereocenters. The zero-order valence-corrected chi connectivity index (χ0v) is 6.89. The molecule has 10 heavy (non-hydrogen) atoms. The Morgan fingerprint density at radius 1 is 1.50 bits per heavy atom. The maximum absolute atomic E-state index is 5.66. The van der Waals surface area contributed by atoms with Crippen molar-refractivity contribution < 1.29 is 4.74 Å². The van der Waals surface area contributed by atoms with Crippen molar-refractivity contribution >= 4 is 0 Å². The number of hydrogen-bond donors (Lipinski definition) is 1. The summed E-state index contributed by atoms with van der Waals surface area (Å²) in [5.74, 6) is 0. The van der Waals surface area contributed by atoms with Crippen LogP contribution >= 0.6 is 0 Å². The molecule has 1 aliphatic rings. The standard InChI is InChI=1S/C8H17NO/c1-3-4-8-6-9-5-7(2)10-8/h7-9H,3-6H2,1-2H3. The van der Waals surface area contributed by atoms with Gasteiger partial charge in [0.25, 0.3) is 0 Å². The minimum absolute atomic E-state index is 0.408. The van der Waals surface area contributed by atoms with Crippen molar-refractivity contribution in [2.24, 2.45) is 0 Å². The fraction of sp³-hybridized carbons (Fsp3) is 1.00. The molecule has 0 aromatic carbocycles. The zero-order valence-electron chi connectivity index (χ0n) is 6.89. The predicted molar refractivity (Wildman–Crippen MR) is 42.1 cm³/mol. The maximum Gasteiger partial charge on any atom is 0.0703 e. The summed E-state index contributed by atoms with van der Waals surface area (Å²) in [7, 11) is 0. The number of nitrogens with one attached hydrogen (secondary N) is 1. The Labute approximate surface area is 63.0 Å². The van der Waals surface area contributed by atoms with Gasteiger partial charge in [-0.2, -0.15) is 0 Å². The van der Waals surface area contributed by atoms with Gasteiger partial charge in [0.05, 0.1) is 12.2 Å². The first-order valence-electron chi connectivity index (χ1n) is 4.19. The molecule has 0 aromatic rings. The van der Waals surface area contributed by atoms with Crippen molar-refractivity contribution in [1.29, 1.82) is 0 Å². The first-order chi connectivity index (χ1) is 4.83. The van der Waals surface area contributed by atoms with Gasteiger partial charge in [-0.25, -0.2) is 0 Å². The van der Waals surface area contributed by atoms with Gasteiger partial charge in [-0.3, -0.25) is 0 Å². The maximum atomic E-state index is 5.66. The molecule has 0 aromatic heterocycles. The van der Waals surface area contributed by atoms with Crippen LogP contribution in [-0.2, 0) is 4.74 Å². The molecule has 1 rings (SSSR count). The monoisotopic (exact) mass is 143 g/mol. The Morgan fingerprint density at radius 2 is 2.30 bits per heavy atom. The normalized spacial score (nSPS) is 34.2. The summed E-state index contributed by atoms with van der Waals surface area (Å²) in [5.41, 5.74) is 0. The fourth-order valence-electron chi connectivity index (χ4n) is 1.36. The molecule has 1 N–H and O–H groups in total. The second-order valence-electron chi connectivity index (χ2n) is 3.02. The van der Waals surface area contributed by atoms with Crippen LogP contribution in [-0.4, -0.2) is 25.3 Å². The minimum atomic E-state index is 0.408. The van der Waals surface area contributed by atoms with E-state index >= 15 is 0 Å². The highest BCUT2D eigenvalue weighted by molar-refractivity contribution is 4.70. The summed E-state index contributed by atoms with van der Waals surface area (Å²) in [6, 6.07) is 0. The molecule has 1 fully saturated rings. The van der Waals surface area contributed by atoms with Crippen LogP contribution in [0.4, 0.5) is 0 Å². The van der Waals surface area contributed by atoms with E-state index in [-0.39, 0.29) is 0 Å². The number of morpholine rings is 1. The lowest BCUT2D eigenvalue weighted by Crippen LogP contribution is -2.43. The highest BCUT2D eigenvalue weighted by atomic mass is 16.5. The summed E-state index contributed by atoms with van der Waals surface area (Å²) in [5, 5.41) is 3.34. The lowest BCUT2D eigenvalue weighted by atomic mass is 10.2. The molecular formula is C8H17NO. The van der Waals surface area contributed by atoms with Gasteiger partial charge in [0, 0.05) is 13.1 Å². The van der Waals surface area contributed by atoms with E-state index in [0.29, 0.717) is 12.2 Å². The molecule has 1 saturated heterocycles. The van der Waals surface area contributed by atoms with Crippen LogP contribution in [0.1, 0.15) is 26.7 Å². The molecule has 0 bridgehead atoms. The smallest absolute Gasteiger partial charge is 0.0703 e. The van der Waals surface area contributed by atoms with Crippen LogP contribution in [0.2, 0.25) is 0 Å². The van der Waals surface area contributed by atoms with Gasteiger partial charge < -0.3 is 10.1 Å². The van der Waals surface area contributed by atoms with Crippen molar-refractivity contribution in [2.75, 3.05) is 13.1 Å². The van der Waals surface area contributed by atoms with E-state index in [2.05, 4.69) is 19.2 Å². The molecule has 2 atom stereocenters. The minimum Gasteiger partial charge on any atom is -0.373 e. The van der Waals surface area contributed by atoms with E-state index in [9.17, 15) is 0 Å². The number of hydrogen-bond acceptors (Lipinski definition) is 2. The SMILES string of the molecule is CCCC1CNCC(C)O1. The summed E-state index contributed by atoms with van der Waals surface area (Å²) >= 11 is 0. The Hall–Kier alpha value is -0.0800. The molecule has 60 valence electrons. The molecule has 2 heteroatoms. The Morgan fingerprint density at radius 3 is 2.90 bits per heavy atom. The van der Waals surface area contributed by atoms with Gasteiger partial charge in [0.1, 0.15) is 0 Å². The van der Waals surface area contributed by atoms with Crippen molar-refractivity contribution in [3.8, 4) is 0 Å². The van der Waals surface area contributed by atoms with Crippen LogP contribution in [0.3, 0.4) is 0 Å². The van der Waals surface area contributed by atoms with E-state index in [1.54, 1.807) is 0 Å². The Balaban J connectivity index is 2.18. The molecule has 1 heterocycles. The van der Waals surface area contributed by atoms with E-state index in [1.807, 2.05) is 0 Å². The Kier molecular flexibility index (Phi) is 3.16. The quantitative estimate of drug-likeness (QED) is 0.626. The van der Waals surface area contributed by atoms with E-state index < -0.39 is 0 Å². The number of ether oxygens (including phenoxy) is 1. The first-order valence-corrected chi connectivity index (χ1v) is 4.19. The summed E-state index contributed by atoms with van der Waals surface area (Å²) in [6.45, 7) is 6.37. The van der Waals surface area contributed by atoms with E-state index in [1.165, 1.54) is 12.8 Å². The van der Waals surface area contributed by atoms with Crippen LogP contribution in [0, 0.1) is 0 Å². The summed E-state index contributed by atoms with van der Waals surface area (Å²) < 4.78 is 5.66. The van der Waals surface area contributed by atoms with Gasteiger partial charge >= 0.3 is 0 Å². The second-order valence-corrected chi connectivity index (χ2v) is 3.02. The van der Waals surface area contributed by atoms with Crippen molar-refractivity contribution in [1.82, 2.24) is 5.32 Å². The van der Waals surface area contributed by atoms with Gasteiger partial charge in [0.2, 0.25) is 0 Å². The fourth-order valence-corrected chi connectivity index (χ4v) is 1.36. The predicted octanol–water partition coefficient (Wildman–Crippen LogP) is 1.16. The largest absolute Gasteiger partial charge is 0.373 e. The third kappa shape index (κ3) is 2.27. The van der Waals surface area contributed by atoms with Gasteiger partial charge in [-0.1, -0.05) is 13.3 Å². The average molecular weight is 143 g/mol. The third-order valence-electron chi connectivity index (χ3n) is 1.84. The lowest BCUT2D eigenvalue weighted by Gasteiger charge is -2.28. The highest BCUT2D eigenvalue weighted by Crippen LogP contribution is 2.07. The van der Waals surface area contributed by atoms with Crippen LogP contribution < -0.4 is 5.32 Å². The first kappa shape index (κ1) is 8.02. The molecular weight excluding hydrogens is 126 g/mol. The highest BCUT2D eigenvalue weighted by Gasteiger charge is 2.16. The molecule has 1 aliphatic heterocycles. The summed E-state index contributed by atoms with van der Waals surface area (Å²) in [4.78, 5) is 0. The molecule has 2 nitrogen and oxygen atoms in total. The molecule has 0 saturated carbocycles. The van der Waals surface area contributed by atoms with Crippen LogP contribution in [0.5, 0.6) is 0 Å². The topological polar surface area (TPSA) is 21.3 Å². The molecule has 0 aliphatic carbocycles. The zero-order chi connectivity index (χ0) is 7.40. The van der Waals surface area contributed by atoms with Crippen LogP contribution in [0.15, 0.2) is 0 Å². The van der Waals surface area contributed by atoms with Gasteiger partial charge in [0.15, 0.2) is 0 Å². The second kappa shape index (κ2) is 3.94. The van der Waals surface area contributed by atoms with E-state index in [0.717, 1.165) is 13.1 Å².